The van der Waals surface area contributed by atoms with E-state index in [0.717, 1.165) is 9.13 Å². The molecule has 2 saturated heterocycles. The lowest BCUT2D eigenvalue weighted by Gasteiger charge is -2.25. The van der Waals surface area contributed by atoms with Gasteiger partial charge in [-0.3, -0.25) is 42.5 Å². The molecule has 7 atom stereocenters. The molecule has 0 amide bonds. The van der Waals surface area contributed by atoms with Gasteiger partial charge in [-0.1, -0.05) is 0 Å². The molecule has 262 valence electrons. The number of esters is 1. The molecule has 2 aromatic heterocycles. The number of nitrogens with zero attached hydrogens (tertiary/aromatic N) is 3. The van der Waals surface area contributed by atoms with Crippen molar-refractivity contribution in [1.82, 2.24) is 19.1 Å². The van der Waals surface area contributed by atoms with Crippen molar-refractivity contribution in [1.29, 1.82) is 5.26 Å². The lowest BCUT2D eigenvalue weighted by molar-refractivity contribution is -0.153. The van der Waals surface area contributed by atoms with Gasteiger partial charge in [-0.05, 0) is 32.2 Å². The van der Waals surface area contributed by atoms with Crippen molar-refractivity contribution in [2.45, 2.75) is 89.7 Å². The number of aliphatic hydroxyl groups is 1. The number of nitrogens with one attached hydrogen (secondary N) is 2. The molecule has 0 aromatic carbocycles. The van der Waals surface area contributed by atoms with Gasteiger partial charge >= 0.3 is 24.1 Å². The van der Waals surface area contributed by atoms with Crippen molar-refractivity contribution in [2.24, 2.45) is 0 Å². The number of hydrogen-bond acceptors (Lipinski definition) is 15. The highest BCUT2D eigenvalue weighted by atomic mass is 32.7. The molecule has 0 bridgehead atoms. The Morgan fingerprint density at radius 1 is 1.00 bits per heavy atom. The monoisotopic (exact) mass is 713 g/mol. The number of H-pyrrole nitrogens is 2. The summed E-state index contributed by atoms with van der Waals surface area (Å²) in [6.07, 6.45) is -4.13. The molecule has 1 unspecified atom stereocenters. The van der Waals surface area contributed by atoms with Gasteiger partial charge in [0.1, 0.15) is 42.7 Å². The van der Waals surface area contributed by atoms with Crippen molar-refractivity contribution < 1.29 is 42.5 Å². The molecule has 0 spiro atoms. The van der Waals surface area contributed by atoms with E-state index in [-0.39, 0.29) is 54.8 Å². The number of rotatable bonds is 15. The first-order chi connectivity index (χ1) is 22.7. The van der Waals surface area contributed by atoms with Crippen molar-refractivity contribution in [3.63, 3.8) is 0 Å². The fraction of sp³-hybridized carbons (Fsp3) is 0.607. The Morgan fingerprint density at radius 2 is 1.56 bits per heavy atom. The van der Waals surface area contributed by atoms with Crippen LogP contribution < -0.4 is 22.5 Å². The Kier molecular flexibility index (Phi) is 12.5. The molecule has 18 nitrogen and oxygen atoms in total. The number of nitriles is 1. The smallest absolute Gasteiger partial charge is 0.389 e. The zero-order chi connectivity index (χ0) is 35.2. The molecule has 2 aliphatic heterocycles. The summed E-state index contributed by atoms with van der Waals surface area (Å²) in [7, 11) is 0. The SMILES string of the molecule is CC(=O)CCC(=O)O[C@@H]1C[C@H](n2cc(C)c(=O)[nH]c2=O)O[C@@H]1COP(=O)(O[C@@H]1C[C@H](n2cc(C)c(=O)[nH]c2=O)O[C@@H]1CO)SCCC#N. The van der Waals surface area contributed by atoms with Crippen molar-refractivity contribution in [2.75, 3.05) is 19.0 Å². The van der Waals surface area contributed by atoms with Crippen LogP contribution in [0.5, 0.6) is 0 Å². The molecular formula is C28H36N5O13PS. The third-order valence-electron chi connectivity index (χ3n) is 7.54. The first kappa shape index (κ1) is 37.2. The van der Waals surface area contributed by atoms with E-state index in [4.69, 9.17) is 28.5 Å². The number of ether oxygens (including phenoxy) is 3. The molecule has 4 rings (SSSR count). The number of aromatic nitrogens is 4. The Balaban J connectivity index is 1.55. The van der Waals surface area contributed by atoms with E-state index in [0.29, 0.717) is 11.4 Å². The number of carbonyl (C=O) groups is 2. The summed E-state index contributed by atoms with van der Waals surface area (Å²) >= 11 is 0.705. The minimum atomic E-state index is -4.20. The maximum atomic E-state index is 14.1. The molecule has 48 heavy (non-hydrogen) atoms. The average Bonchev–Trinajstić information content (AvgIpc) is 3.62. The van der Waals surface area contributed by atoms with E-state index < -0.39 is 85.4 Å². The lowest BCUT2D eigenvalue weighted by atomic mass is 10.1. The molecule has 2 aromatic rings. The molecule has 20 heteroatoms. The number of aromatic amines is 2. The fourth-order valence-electron chi connectivity index (χ4n) is 5.03. The Hall–Kier alpha value is -3.63. The maximum absolute atomic E-state index is 14.1. The summed E-state index contributed by atoms with van der Waals surface area (Å²) in [6, 6.07) is 1.93. The topological polar surface area (TPSA) is 251 Å². The van der Waals surface area contributed by atoms with E-state index in [1.54, 1.807) is 0 Å². The third-order valence-corrected chi connectivity index (χ3v) is 11.3. The highest BCUT2D eigenvalue weighted by Crippen LogP contribution is 2.63. The van der Waals surface area contributed by atoms with E-state index in [2.05, 4.69) is 9.97 Å². The summed E-state index contributed by atoms with van der Waals surface area (Å²) < 4.78 is 45.4. The molecule has 0 saturated carbocycles. The van der Waals surface area contributed by atoms with E-state index >= 15 is 0 Å². The zero-order valence-electron chi connectivity index (χ0n) is 26.3. The molecule has 0 radical (unpaired) electrons. The first-order valence-electron chi connectivity index (χ1n) is 14.9. The van der Waals surface area contributed by atoms with Gasteiger partial charge in [-0.25, -0.2) is 14.2 Å². The third kappa shape index (κ3) is 9.29. The summed E-state index contributed by atoms with van der Waals surface area (Å²) in [6.45, 7) is -0.973. The van der Waals surface area contributed by atoms with Crippen LogP contribution in [-0.4, -0.2) is 79.3 Å². The average molecular weight is 714 g/mol. The second kappa shape index (κ2) is 16.2. The molecule has 0 aliphatic carbocycles. The van der Waals surface area contributed by atoms with E-state index in [1.165, 1.54) is 33.2 Å². The van der Waals surface area contributed by atoms with Crippen LogP contribution in [0.4, 0.5) is 0 Å². The van der Waals surface area contributed by atoms with Crippen molar-refractivity contribution in [3.8, 4) is 6.07 Å². The quantitative estimate of drug-likeness (QED) is 0.131. The Labute approximate surface area is 276 Å². The minimum absolute atomic E-state index is 0.0203. The fourth-order valence-corrected chi connectivity index (χ4v) is 8.38. The van der Waals surface area contributed by atoms with Gasteiger partial charge in [0.2, 0.25) is 0 Å². The van der Waals surface area contributed by atoms with Gasteiger partial charge < -0.3 is 24.1 Å². The number of hydrogen-bond donors (Lipinski definition) is 3. The second-order valence-corrected chi connectivity index (χ2v) is 15.4. The van der Waals surface area contributed by atoms with Gasteiger partial charge in [0, 0.05) is 55.0 Å². The van der Waals surface area contributed by atoms with Crippen LogP contribution in [0.3, 0.4) is 0 Å². The predicted molar refractivity (Wildman–Crippen MR) is 167 cm³/mol. The zero-order valence-corrected chi connectivity index (χ0v) is 28.0. The first-order valence-corrected chi connectivity index (χ1v) is 18.1. The van der Waals surface area contributed by atoms with Crippen molar-refractivity contribution >= 4 is 29.9 Å². The molecule has 4 heterocycles. The number of aryl methyl sites for hydroxylation is 2. The van der Waals surface area contributed by atoms with Crippen LogP contribution in [0.15, 0.2) is 31.6 Å². The second-order valence-electron chi connectivity index (χ2n) is 11.2. The molecule has 3 N–H and O–H groups in total. The summed E-state index contributed by atoms with van der Waals surface area (Å²) in [5, 5.41) is 19.1. The van der Waals surface area contributed by atoms with E-state index in [1.807, 2.05) is 6.07 Å². The van der Waals surface area contributed by atoms with Crippen LogP contribution in [0, 0.1) is 25.2 Å². The van der Waals surface area contributed by atoms with Gasteiger partial charge in [-0.2, -0.15) is 5.26 Å². The highest BCUT2D eigenvalue weighted by Gasteiger charge is 2.45. The van der Waals surface area contributed by atoms with Crippen LogP contribution in [0.2, 0.25) is 0 Å². The Bertz CT molecular complexity index is 1830. The Morgan fingerprint density at radius 3 is 2.10 bits per heavy atom. The van der Waals surface area contributed by atoms with Gasteiger partial charge in [0.25, 0.3) is 11.1 Å². The van der Waals surface area contributed by atoms with Crippen LogP contribution >= 0.6 is 18.2 Å². The number of ketones is 1. The number of carbonyl (C=O) groups excluding carboxylic acids is 2. The van der Waals surface area contributed by atoms with Gasteiger partial charge in [-0.15, -0.1) is 0 Å². The summed E-state index contributed by atoms with van der Waals surface area (Å²) in [4.78, 5) is 77.1. The molecular weight excluding hydrogens is 677 g/mol. The van der Waals surface area contributed by atoms with Crippen LogP contribution in [-0.2, 0) is 37.4 Å². The normalized spacial score (nSPS) is 25.0. The number of Topliss-reactive ketones (excluding diaryl/α,β-unsaturated/α-hetero) is 1. The van der Waals surface area contributed by atoms with Gasteiger partial charge in [0.05, 0.1) is 25.7 Å². The number of aliphatic hydroxyl groups excluding tert-OH is 1. The predicted octanol–water partition coefficient (Wildman–Crippen LogP) is 0.709. The van der Waals surface area contributed by atoms with E-state index in [9.17, 15) is 38.4 Å². The highest BCUT2D eigenvalue weighted by molar-refractivity contribution is 8.55. The summed E-state index contributed by atoms with van der Waals surface area (Å²) in [5.41, 5.74) is -2.25. The van der Waals surface area contributed by atoms with Crippen molar-refractivity contribution in [3.05, 3.63) is 65.2 Å². The lowest BCUT2D eigenvalue weighted by Crippen LogP contribution is -2.33. The summed E-state index contributed by atoms with van der Waals surface area (Å²) in [5.74, 6) is -0.920. The van der Waals surface area contributed by atoms with Crippen LogP contribution in [0.25, 0.3) is 0 Å². The largest absolute Gasteiger partial charge is 0.459 e. The van der Waals surface area contributed by atoms with Crippen LogP contribution in [0.1, 0.15) is 62.6 Å². The standard InChI is InChI=1S/C28H36N5O13PS/c1-15-11-32(27(39)30-25(15)37)22-9-18(45-24(36)6-5-17(3)35)21(44-22)14-42-47(41,48-8-4-7-29)46-19-10-23(43-20(19)13-34)33-12-16(2)26(38)31-28(33)40/h11-12,18-23,34H,4-6,8-10,13-14H2,1-3H3,(H,30,37,39)(H,31,38,40)/t18-,19-,20-,21-,22-,23-,47?/m1/s1. The van der Waals surface area contributed by atoms with Gasteiger partial charge in [0.15, 0.2) is 0 Å². The minimum Gasteiger partial charge on any atom is -0.459 e. The molecule has 2 fully saturated rings. The molecule has 2 aliphatic rings. The maximum Gasteiger partial charge on any atom is 0.389 e.